The first kappa shape index (κ1) is 35.0. The van der Waals surface area contributed by atoms with Crippen LogP contribution >= 0.6 is 0 Å². The maximum atomic E-state index is 13.2. The quantitative estimate of drug-likeness (QED) is 0.185. The second-order valence-corrected chi connectivity index (χ2v) is 12.5. The summed E-state index contributed by atoms with van der Waals surface area (Å²) in [5.74, 6) is 0.315. The third-order valence-electron chi connectivity index (χ3n) is 8.41. The lowest BCUT2D eigenvalue weighted by Gasteiger charge is -2.32. The van der Waals surface area contributed by atoms with Gasteiger partial charge in [-0.3, -0.25) is 9.78 Å². The van der Waals surface area contributed by atoms with Gasteiger partial charge < -0.3 is 30.3 Å². The zero-order chi connectivity index (χ0) is 30.4. The number of unbranched alkanes of at least 4 members (excludes halogenated alkanes) is 1. The van der Waals surface area contributed by atoms with Crippen LogP contribution in [0.15, 0.2) is 12.1 Å². The standard InChI is InChI=1S/C32H55N3O6/c1-21(2)26(16-25-15-23(5)34-27(17-25)9-7-8-12-40-6)18-29(35-32(38)39)30(36)19-28(22(3)4)31(37)33-20-24-10-13-41-14-11-24/h15,17,21-22,24,26,28-30,35-36H,7-14,16,18-20H2,1-6H3,(H,33,37)(H,38,39). The van der Waals surface area contributed by atoms with Crippen molar-refractivity contribution in [3.05, 3.63) is 29.1 Å². The summed E-state index contributed by atoms with van der Waals surface area (Å²) >= 11 is 0. The molecule has 1 aromatic rings. The van der Waals surface area contributed by atoms with Crippen LogP contribution in [0.2, 0.25) is 0 Å². The maximum absolute atomic E-state index is 13.2. The van der Waals surface area contributed by atoms with Crippen molar-refractivity contribution in [3.8, 4) is 0 Å². The van der Waals surface area contributed by atoms with E-state index in [2.05, 4.69) is 36.6 Å². The highest BCUT2D eigenvalue weighted by molar-refractivity contribution is 5.79. The highest BCUT2D eigenvalue weighted by Crippen LogP contribution is 2.27. The van der Waals surface area contributed by atoms with Gasteiger partial charge >= 0.3 is 6.09 Å². The van der Waals surface area contributed by atoms with Crippen molar-refractivity contribution in [3.63, 3.8) is 0 Å². The number of carbonyl (C=O) groups excluding carboxylic acids is 1. The van der Waals surface area contributed by atoms with Gasteiger partial charge in [0.25, 0.3) is 0 Å². The van der Waals surface area contributed by atoms with E-state index in [1.165, 1.54) is 5.56 Å². The van der Waals surface area contributed by atoms with Crippen LogP contribution in [0, 0.1) is 36.5 Å². The number of hydrogen-bond donors (Lipinski definition) is 4. The molecule has 1 saturated heterocycles. The van der Waals surface area contributed by atoms with Crippen LogP contribution in [0.4, 0.5) is 4.79 Å². The van der Waals surface area contributed by atoms with Crippen molar-refractivity contribution < 1.29 is 29.3 Å². The second-order valence-electron chi connectivity index (χ2n) is 12.5. The number of aromatic nitrogens is 1. The summed E-state index contributed by atoms with van der Waals surface area (Å²) in [5.41, 5.74) is 3.21. The predicted molar refractivity (Wildman–Crippen MR) is 161 cm³/mol. The molecule has 2 rings (SSSR count). The van der Waals surface area contributed by atoms with Gasteiger partial charge in [-0.2, -0.15) is 0 Å². The summed E-state index contributed by atoms with van der Waals surface area (Å²) in [6.07, 6.45) is 4.04. The topological polar surface area (TPSA) is 130 Å². The van der Waals surface area contributed by atoms with Crippen molar-refractivity contribution in [1.29, 1.82) is 0 Å². The first-order chi connectivity index (χ1) is 19.5. The Balaban J connectivity index is 2.09. The van der Waals surface area contributed by atoms with Crippen molar-refractivity contribution in [1.82, 2.24) is 15.6 Å². The number of nitrogens with one attached hydrogen (secondary N) is 2. The van der Waals surface area contributed by atoms with Crippen LogP contribution in [-0.4, -0.2) is 72.8 Å². The number of nitrogens with zero attached hydrogens (tertiary/aromatic N) is 1. The number of aliphatic hydroxyl groups is 1. The number of pyridine rings is 1. The Hall–Kier alpha value is -2.23. The zero-order valence-corrected chi connectivity index (χ0v) is 26.2. The molecular formula is C32H55N3O6. The Morgan fingerprint density at radius 1 is 1.10 bits per heavy atom. The zero-order valence-electron chi connectivity index (χ0n) is 26.2. The summed E-state index contributed by atoms with van der Waals surface area (Å²) in [6, 6.07) is 3.57. The van der Waals surface area contributed by atoms with E-state index in [1.54, 1.807) is 7.11 Å². The largest absolute Gasteiger partial charge is 0.465 e. The number of carboxylic acid groups (broad SMARTS) is 1. The van der Waals surface area contributed by atoms with Gasteiger partial charge in [0.2, 0.25) is 5.91 Å². The van der Waals surface area contributed by atoms with Gasteiger partial charge in [0.1, 0.15) is 0 Å². The Labute approximate surface area is 247 Å². The van der Waals surface area contributed by atoms with Crippen LogP contribution < -0.4 is 10.6 Å². The number of aryl methyl sites for hydroxylation is 2. The Morgan fingerprint density at radius 3 is 2.41 bits per heavy atom. The fourth-order valence-electron chi connectivity index (χ4n) is 5.74. The van der Waals surface area contributed by atoms with E-state index in [4.69, 9.17) is 14.5 Å². The molecule has 1 aliphatic heterocycles. The lowest BCUT2D eigenvalue weighted by atomic mass is 9.80. The van der Waals surface area contributed by atoms with Crippen LogP contribution in [0.3, 0.4) is 0 Å². The first-order valence-electron chi connectivity index (χ1n) is 15.5. The van der Waals surface area contributed by atoms with E-state index in [0.717, 1.165) is 69.7 Å². The average molecular weight is 578 g/mol. The molecular weight excluding hydrogens is 522 g/mol. The highest BCUT2D eigenvalue weighted by atomic mass is 16.5. The molecule has 9 heteroatoms. The summed E-state index contributed by atoms with van der Waals surface area (Å²) < 4.78 is 10.6. The molecule has 2 amide bonds. The lowest BCUT2D eigenvalue weighted by Crippen LogP contribution is -2.47. The van der Waals surface area contributed by atoms with E-state index in [9.17, 15) is 19.8 Å². The average Bonchev–Trinajstić information content (AvgIpc) is 2.91. The van der Waals surface area contributed by atoms with Crippen molar-refractivity contribution in [2.24, 2.45) is 29.6 Å². The molecule has 4 atom stereocenters. The van der Waals surface area contributed by atoms with E-state index >= 15 is 0 Å². The van der Waals surface area contributed by atoms with Crippen molar-refractivity contribution in [2.75, 3.05) is 33.5 Å². The predicted octanol–water partition coefficient (Wildman–Crippen LogP) is 4.77. The fourth-order valence-corrected chi connectivity index (χ4v) is 5.74. The normalized spacial score (nSPS) is 17.3. The van der Waals surface area contributed by atoms with E-state index in [1.807, 2.05) is 20.8 Å². The maximum Gasteiger partial charge on any atom is 0.404 e. The minimum absolute atomic E-state index is 0.00724. The molecule has 0 aromatic carbocycles. The monoisotopic (exact) mass is 577 g/mol. The Morgan fingerprint density at radius 2 is 1.80 bits per heavy atom. The number of ether oxygens (including phenoxy) is 2. The molecule has 4 unspecified atom stereocenters. The molecule has 0 bridgehead atoms. The molecule has 234 valence electrons. The Bertz CT molecular complexity index is 919. The van der Waals surface area contributed by atoms with Gasteiger partial charge in [-0.05, 0) is 99.7 Å². The van der Waals surface area contributed by atoms with Gasteiger partial charge in [0.15, 0.2) is 0 Å². The van der Waals surface area contributed by atoms with Gasteiger partial charge in [0.05, 0.1) is 12.1 Å². The van der Waals surface area contributed by atoms with Gasteiger partial charge in [-0.1, -0.05) is 27.7 Å². The van der Waals surface area contributed by atoms with E-state index in [-0.39, 0.29) is 30.1 Å². The number of carbonyl (C=O) groups is 2. The number of methoxy groups -OCH3 is 1. The molecule has 9 nitrogen and oxygen atoms in total. The summed E-state index contributed by atoms with van der Waals surface area (Å²) in [5, 5.41) is 26.6. The second kappa shape index (κ2) is 18.3. The number of aliphatic hydroxyl groups excluding tert-OH is 1. The number of rotatable bonds is 18. The molecule has 41 heavy (non-hydrogen) atoms. The third kappa shape index (κ3) is 13.1. The molecule has 1 aromatic heterocycles. The Kier molecular flexibility index (Phi) is 15.6. The summed E-state index contributed by atoms with van der Waals surface area (Å²) in [7, 11) is 1.71. The molecule has 0 spiro atoms. The van der Waals surface area contributed by atoms with Crippen LogP contribution in [0.5, 0.6) is 0 Å². The molecule has 1 aliphatic rings. The van der Waals surface area contributed by atoms with Crippen molar-refractivity contribution >= 4 is 12.0 Å². The molecule has 4 N–H and O–H groups in total. The third-order valence-corrected chi connectivity index (χ3v) is 8.41. The van der Waals surface area contributed by atoms with Crippen molar-refractivity contribution in [2.45, 2.75) is 98.1 Å². The molecule has 1 fully saturated rings. The van der Waals surface area contributed by atoms with Crippen LogP contribution in [0.1, 0.15) is 83.2 Å². The molecule has 0 saturated carbocycles. The summed E-state index contributed by atoms with van der Waals surface area (Å²) in [6.45, 7) is 13.0. The first-order valence-corrected chi connectivity index (χ1v) is 15.5. The SMILES string of the molecule is COCCCCc1cc(CC(CC(NC(=O)O)C(O)CC(C(=O)NCC2CCOCC2)C(C)C)C(C)C)cc(C)n1. The molecule has 2 heterocycles. The highest BCUT2D eigenvalue weighted by Gasteiger charge is 2.32. The minimum Gasteiger partial charge on any atom is -0.465 e. The molecule has 0 radical (unpaired) electrons. The number of amides is 2. The summed E-state index contributed by atoms with van der Waals surface area (Å²) in [4.78, 5) is 29.6. The van der Waals surface area contributed by atoms with Crippen LogP contribution in [-0.2, 0) is 27.1 Å². The smallest absolute Gasteiger partial charge is 0.404 e. The van der Waals surface area contributed by atoms with Crippen LogP contribution in [0.25, 0.3) is 0 Å². The van der Waals surface area contributed by atoms with Gasteiger partial charge in [-0.25, -0.2) is 4.79 Å². The fraction of sp³-hybridized carbons (Fsp3) is 0.781. The lowest BCUT2D eigenvalue weighted by molar-refractivity contribution is -0.128. The molecule has 0 aliphatic carbocycles. The minimum atomic E-state index is -1.17. The van der Waals surface area contributed by atoms with Gasteiger partial charge in [-0.15, -0.1) is 0 Å². The number of hydrogen-bond acceptors (Lipinski definition) is 6. The van der Waals surface area contributed by atoms with E-state index < -0.39 is 24.2 Å². The van der Waals surface area contributed by atoms with Gasteiger partial charge in [0, 0.05) is 50.8 Å². The van der Waals surface area contributed by atoms with E-state index in [0.29, 0.717) is 18.9 Å².